The van der Waals surface area contributed by atoms with Gasteiger partial charge in [0.2, 0.25) is 17.8 Å². The number of halogens is 24. The molecule has 7 aromatic rings. The van der Waals surface area contributed by atoms with Gasteiger partial charge in [-0.2, -0.15) is 132 Å². The van der Waals surface area contributed by atoms with Crippen molar-refractivity contribution in [1.29, 1.82) is 0 Å². The van der Waals surface area contributed by atoms with Crippen LogP contribution in [0.25, 0.3) is 10.9 Å². The first-order valence-electron chi connectivity index (χ1n) is 21.4. The zero-order chi connectivity index (χ0) is 59.4. The number of rotatable bonds is 8. The molecule has 1 aromatic heterocycles. The van der Waals surface area contributed by atoms with Gasteiger partial charge in [0.05, 0.1) is 49.4 Å². The van der Waals surface area contributed by atoms with Crippen LogP contribution in [0, 0.1) is 10.1 Å². The molecule has 79 heavy (non-hydrogen) atoms. The summed E-state index contributed by atoms with van der Waals surface area (Å²) >= 11 is 0. The first kappa shape index (κ1) is 60.4. The van der Waals surface area contributed by atoms with Crippen molar-refractivity contribution in [3.63, 3.8) is 0 Å². The summed E-state index contributed by atoms with van der Waals surface area (Å²) in [5, 5.41) is 11.6. The first-order valence-corrected chi connectivity index (χ1v) is 21.4. The molecular formula is C49H25BF24N2O3. The van der Waals surface area contributed by atoms with Gasteiger partial charge in [-0.15, -0.1) is 0 Å². The zero-order valence-corrected chi connectivity index (χ0v) is 38.3. The quantitative estimate of drug-likeness (QED) is 0.0380. The zero-order valence-electron chi connectivity index (χ0n) is 38.3. The van der Waals surface area contributed by atoms with E-state index in [0.29, 0.717) is 16.5 Å². The van der Waals surface area contributed by atoms with Crippen molar-refractivity contribution in [2.24, 2.45) is 0 Å². The van der Waals surface area contributed by atoms with Crippen LogP contribution in [-0.2, 0) is 56.0 Å². The van der Waals surface area contributed by atoms with E-state index >= 15 is 0 Å². The van der Waals surface area contributed by atoms with Crippen LogP contribution in [0.5, 0.6) is 0 Å². The summed E-state index contributed by atoms with van der Waals surface area (Å²) in [4.78, 5) is 23.0. The minimum Gasteiger partial charge on any atom is -0.287 e. The van der Waals surface area contributed by atoms with Crippen LogP contribution in [0.4, 0.5) is 111 Å². The average molecular weight is 1160 g/mol. The third kappa shape index (κ3) is 13.4. The Balaban J connectivity index is 0.000000378. The minimum absolute atomic E-state index is 0.0374. The van der Waals surface area contributed by atoms with Crippen LogP contribution >= 0.6 is 0 Å². The maximum atomic E-state index is 14.2. The summed E-state index contributed by atoms with van der Waals surface area (Å²) in [6, 6.07) is 8.46. The van der Waals surface area contributed by atoms with E-state index in [9.17, 15) is 120 Å². The van der Waals surface area contributed by atoms with E-state index in [0.717, 1.165) is 0 Å². The Labute approximate surface area is 425 Å². The molecule has 1 heterocycles. The number of ketones is 1. The number of carbonyl (C=O) groups is 1. The number of nitro groups is 1. The number of nitro benzene ring substituents is 1. The SMILES string of the molecule is FC(F)(F)c1cc([B-](c2cc(C(F)(F)F)cc(C(F)(F)F)c2)(c2cc(C(F)(F)F)cc(C(F)(F)F)c2)c2cc(C(F)(F)F)cc(C(F)(F)F)c2)cc(C(F)(F)F)c1.O=C(C[n+]1cccc2c([N+](=O)[O-])cccc21)c1ccccc1. The fourth-order valence-electron chi connectivity index (χ4n) is 8.52. The summed E-state index contributed by atoms with van der Waals surface area (Å²) in [7, 11) is 0. The highest BCUT2D eigenvalue weighted by Crippen LogP contribution is 2.41. The number of carbonyl (C=O) groups excluding carboxylic acids is 1. The fourth-order valence-corrected chi connectivity index (χ4v) is 8.52. The molecule has 0 aliphatic heterocycles. The predicted octanol–water partition coefficient (Wildman–Crippen LogP) is 14.1. The molecule has 420 valence electrons. The van der Waals surface area contributed by atoms with Crippen molar-refractivity contribution >= 4 is 50.4 Å². The Bertz CT molecular complexity index is 2990. The molecule has 0 spiro atoms. The summed E-state index contributed by atoms with van der Waals surface area (Å²) in [6.45, 7) is 0.141. The number of hydrogen-bond acceptors (Lipinski definition) is 3. The predicted molar refractivity (Wildman–Crippen MR) is 232 cm³/mol. The molecule has 0 bridgehead atoms. The van der Waals surface area contributed by atoms with Gasteiger partial charge < -0.3 is 0 Å². The minimum atomic E-state index is -6.13. The molecule has 0 aliphatic rings. The van der Waals surface area contributed by atoms with Crippen molar-refractivity contribution < 1.29 is 120 Å². The summed E-state index contributed by atoms with van der Waals surface area (Å²) in [5.74, 6) is -0.0374. The Morgan fingerprint density at radius 1 is 0.392 bits per heavy atom. The van der Waals surface area contributed by atoms with Gasteiger partial charge in [0.1, 0.15) is 11.5 Å². The molecule has 7 rings (SSSR count). The molecule has 6 aromatic carbocycles. The maximum Gasteiger partial charge on any atom is 0.416 e. The number of nitrogens with zero attached hydrogens (tertiary/aromatic N) is 2. The second-order valence-corrected chi connectivity index (χ2v) is 17.1. The number of non-ortho nitro benzene ring substituents is 1. The lowest BCUT2D eigenvalue weighted by molar-refractivity contribution is -0.657. The van der Waals surface area contributed by atoms with E-state index in [1.165, 1.54) is 6.07 Å². The van der Waals surface area contributed by atoms with E-state index in [-0.39, 0.29) is 18.0 Å². The fraction of sp³-hybridized carbons (Fsp3) is 0.184. The van der Waals surface area contributed by atoms with Crippen LogP contribution in [0.2, 0.25) is 0 Å². The number of Topliss-reactive ketones (excluding diaryl/α,β-unsaturated/α-hetero) is 1. The average Bonchev–Trinajstić information content (AvgIpc) is 3.53. The van der Waals surface area contributed by atoms with E-state index in [1.54, 1.807) is 47.2 Å². The van der Waals surface area contributed by atoms with Gasteiger partial charge >= 0.3 is 49.4 Å². The largest absolute Gasteiger partial charge is 0.416 e. The Morgan fingerprint density at radius 3 is 0.949 bits per heavy atom. The van der Waals surface area contributed by atoms with Crippen LogP contribution in [0.1, 0.15) is 54.9 Å². The second kappa shape index (κ2) is 20.8. The number of pyridine rings is 1. The van der Waals surface area contributed by atoms with E-state index in [1.807, 2.05) is 18.2 Å². The molecule has 0 N–H and O–H groups in total. The van der Waals surface area contributed by atoms with Crippen molar-refractivity contribution in [2.45, 2.75) is 56.0 Å². The van der Waals surface area contributed by atoms with Gasteiger partial charge in [0.25, 0.3) is 5.69 Å². The summed E-state index contributed by atoms with van der Waals surface area (Å²) in [6.07, 6.45) is -53.0. The smallest absolute Gasteiger partial charge is 0.287 e. The van der Waals surface area contributed by atoms with Crippen LogP contribution < -0.4 is 26.4 Å². The lowest BCUT2D eigenvalue weighted by atomic mass is 9.12. The Hall–Kier alpha value is -7.82. The van der Waals surface area contributed by atoms with E-state index < -0.39 is 200 Å². The Kier molecular flexibility index (Phi) is 15.9. The number of aromatic nitrogens is 1. The lowest BCUT2D eigenvalue weighted by Crippen LogP contribution is -2.75. The van der Waals surface area contributed by atoms with Crippen LogP contribution in [0.15, 0.2) is 140 Å². The molecule has 0 atom stereocenters. The van der Waals surface area contributed by atoms with Crippen molar-refractivity contribution in [1.82, 2.24) is 0 Å². The molecule has 0 unspecified atom stereocenters. The highest BCUT2D eigenvalue weighted by Gasteiger charge is 2.47. The first-order chi connectivity index (χ1) is 35.9. The van der Waals surface area contributed by atoms with Gasteiger partial charge in [-0.05, 0) is 36.4 Å². The van der Waals surface area contributed by atoms with Gasteiger partial charge in [-0.25, -0.2) is 0 Å². The molecule has 0 radical (unpaired) electrons. The van der Waals surface area contributed by atoms with Crippen molar-refractivity contribution in [3.05, 3.63) is 200 Å². The third-order valence-corrected chi connectivity index (χ3v) is 11.9. The molecule has 30 heteroatoms. The standard InChI is InChI=1S/C32H12BF24.C17H13N2O3/c34-25(35,36)13-1-14(26(37,38)39)6-21(5-13)33(22-7-15(27(40,41)42)2-16(8-22)28(43,44)45,23-9-17(29(46,47)48)3-18(10-23)30(49,50)51)24-11-19(31(52,53)54)4-20(12-24)32(55,56)57;20-17(13-6-2-1-3-7-13)12-18-11-5-8-14-15(18)9-4-10-16(14)19(21)22/h1-12H;1-11H,12H2/q-1;+1. The maximum absolute atomic E-state index is 14.2. The van der Waals surface area contributed by atoms with Crippen molar-refractivity contribution in [2.75, 3.05) is 0 Å². The molecule has 0 fully saturated rings. The molecule has 0 amide bonds. The van der Waals surface area contributed by atoms with Gasteiger partial charge in [0.15, 0.2) is 6.20 Å². The highest BCUT2D eigenvalue weighted by atomic mass is 19.4. The number of fused-ring (bicyclic) bond motifs is 1. The molecule has 0 aliphatic carbocycles. The molecule has 0 saturated carbocycles. The molecule has 0 saturated heterocycles. The van der Waals surface area contributed by atoms with Crippen molar-refractivity contribution in [3.8, 4) is 0 Å². The van der Waals surface area contributed by atoms with E-state index in [4.69, 9.17) is 0 Å². The molecular weight excluding hydrogens is 1130 g/mol. The Morgan fingerprint density at radius 2 is 0.684 bits per heavy atom. The number of hydrogen-bond donors (Lipinski definition) is 0. The third-order valence-electron chi connectivity index (χ3n) is 11.9. The van der Waals surface area contributed by atoms with E-state index in [2.05, 4.69) is 0 Å². The van der Waals surface area contributed by atoms with Gasteiger partial charge in [-0.1, -0.05) is 78.9 Å². The lowest BCUT2D eigenvalue weighted by Gasteiger charge is -2.46. The highest BCUT2D eigenvalue weighted by molar-refractivity contribution is 7.20. The normalized spacial score (nSPS) is 13.3. The number of alkyl halides is 24. The summed E-state index contributed by atoms with van der Waals surface area (Å²) in [5.41, 5.74) is -28.9. The summed E-state index contributed by atoms with van der Waals surface area (Å²) < 4.78 is 343. The van der Waals surface area contributed by atoms with Gasteiger partial charge in [0, 0.05) is 23.8 Å². The topological polar surface area (TPSA) is 64.1 Å². The second-order valence-electron chi connectivity index (χ2n) is 17.1. The van der Waals surface area contributed by atoms with Crippen LogP contribution in [-0.4, -0.2) is 16.9 Å². The molecule has 5 nitrogen and oxygen atoms in total. The van der Waals surface area contributed by atoms with Gasteiger partial charge in [-0.3, -0.25) is 14.9 Å². The monoisotopic (exact) mass is 1160 g/mol. The number of benzene rings is 6. The van der Waals surface area contributed by atoms with Crippen LogP contribution in [0.3, 0.4) is 0 Å².